The van der Waals surface area contributed by atoms with Crippen LogP contribution in [-0.2, 0) is 4.79 Å². The highest BCUT2D eigenvalue weighted by Gasteiger charge is 2.19. The zero-order valence-electron chi connectivity index (χ0n) is 14.8. The van der Waals surface area contributed by atoms with Crippen LogP contribution in [0.1, 0.15) is 38.2 Å². The van der Waals surface area contributed by atoms with Crippen LogP contribution in [0.5, 0.6) is 5.75 Å². The largest absolute Gasteiger partial charge is 0.481 e. The number of amides is 1. The van der Waals surface area contributed by atoms with E-state index in [-0.39, 0.29) is 12.0 Å². The molecule has 0 radical (unpaired) electrons. The zero-order valence-corrected chi connectivity index (χ0v) is 14.8. The summed E-state index contributed by atoms with van der Waals surface area (Å²) in [4.78, 5) is 14.6. The molecule has 1 aliphatic rings. The number of rotatable bonds is 8. The van der Waals surface area contributed by atoms with Gasteiger partial charge in [-0.15, -0.1) is 0 Å². The zero-order chi connectivity index (χ0) is 17.4. The predicted octanol–water partition coefficient (Wildman–Crippen LogP) is 2.12. The second-order valence-electron chi connectivity index (χ2n) is 6.55. The van der Waals surface area contributed by atoms with Gasteiger partial charge >= 0.3 is 0 Å². The van der Waals surface area contributed by atoms with Gasteiger partial charge in [0, 0.05) is 19.6 Å². The molecule has 0 bridgehead atoms. The van der Waals surface area contributed by atoms with Gasteiger partial charge in [-0.05, 0) is 56.8 Å². The molecule has 24 heavy (non-hydrogen) atoms. The first-order chi connectivity index (χ1) is 11.6. The van der Waals surface area contributed by atoms with E-state index in [0.29, 0.717) is 13.0 Å². The van der Waals surface area contributed by atoms with Crippen LogP contribution >= 0.6 is 0 Å². The lowest BCUT2D eigenvalue weighted by atomic mass is 10.1. The van der Waals surface area contributed by atoms with Crippen LogP contribution < -0.4 is 10.1 Å². The van der Waals surface area contributed by atoms with Crippen LogP contribution in [0.2, 0.25) is 0 Å². The number of likely N-dealkylation sites (tertiary alicyclic amines) is 1. The minimum absolute atomic E-state index is 0.0481. The van der Waals surface area contributed by atoms with E-state index >= 15 is 0 Å². The maximum atomic E-state index is 12.3. The lowest BCUT2D eigenvalue weighted by Gasteiger charge is -2.29. The summed E-state index contributed by atoms with van der Waals surface area (Å²) in [7, 11) is 0. The molecular weight excluding hydrogens is 304 g/mol. The molecule has 1 aliphatic heterocycles. The molecule has 2 N–H and O–H groups in total. The molecular formula is C19H30N2O3. The van der Waals surface area contributed by atoms with Gasteiger partial charge in [0.2, 0.25) is 0 Å². The fraction of sp³-hybridized carbons (Fsp3) is 0.632. The summed E-state index contributed by atoms with van der Waals surface area (Å²) in [6.07, 6.45) is 2.69. The molecule has 2 rings (SSSR count). The van der Waals surface area contributed by atoms with E-state index in [2.05, 4.69) is 10.2 Å². The molecule has 5 heteroatoms. The minimum Gasteiger partial charge on any atom is -0.481 e. The van der Waals surface area contributed by atoms with Crippen molar-refractivity contribution in [2.24, 2.45) is 0 Å². The molecule has 5 nitrogen and oxygen atoms in total. The summed E-state index contributed by atoms with van der Waals surface area (Å²) in [5, 5.41) is 12.5. The van der Waals surface area contributed by atoms with E-state index in [0.717, 1.165) is 50.2 Å². The Labute approximate surface area is 145 Å². The lowest BCUT2D eigenvalue weighted by Crippen LogP contribution is -2.40. The van der Waals surface area contributed by atoms with Crippen LogP contribution in [0.15, 0.2) is 24.3 Å². The normalized spacial score (nSPS) is 17.5. The smallest absolute Gasteiger partial charge is 0.261 e. The summed E-state index contributed by atoms with van der Waals surface area (Å²) in [6.45, 7) is 7.48. The Morgan fingerprint density at radius 1 is 1.42 bits per heavy atom. The van der Waals surface area contributed by atoms with Crippen LogP contribution in [0, 0.1) is 6.92 Å². The molecule has 0 aliphatic carbocycles. The molecule has 1 amide bonds. The highest BCUT2D eigenvalue weighted by Crippen LogP contribution is 2.15. The van der Waals surface area contributed by atoms with Crippen molar-refractivity contribution in [1.29, 1.82) is 0 Å². The van der Waals surface area contributed by atoms with Gasteiger partial charge in [-0.2, -0.15) is 0 Å². The van der Waals surface area contributed by atoms with Gasteiger partial charge in [-0.1, -0.05) is 19.1 Å². The average Bonchev–Trinajstić information content (AvgIpc) is 2.58. The van der Waals surface area contributed by atoms with Gasteiger partial charge in [0.15, 0.2) is 6.10 Å². The fourth-order valence-corrected chi connectivity index (χ4v) is 2.95. The number of aliphatic hydroxyl groups excluding tert-OH is 1. The number of ether oxygens (including phenoxy) is 1. The maximum absolute atomic E-state index is 12.3. The van der Waals surface area contributed by atoms with Crippen molar-refractivity contribution >= 4 is 5.91 Å². The first-order valence-corrected chi connectivity index (χ1v) is 9.00. The van der Waals surface area contributed by atoms with Crippen molar-refractivity contribution in [2.45, 2.75) is 51.7 Å². The maximum Gasteiger partial charge on any atom is 0.261 e. The van der Waals surface area contributed by atoms with Gasteiger partial charge in [0.25, 0.3) is 5.91 Å². The predicted molar refractivity (Wildman–Crippen MR) is 95.2 cm³/mol. The Morgan fingerprint density at radius 2 is 2.17 bits per heavy atom. The topological polar surface area (TPSA) is 61.8 Å². The number of carbonyl (C=O) groups is 1. The number of hydrogen-bond acceptors (Lipinski definition) is 4. The van der Waals surface area contributed by atoms with Crippen molar-refractivity contribution in [3.8, 4) is 5.75 Å². The van der Waals surface area contributed by atoms with E-state index in [4.69, 9.17) is 4.74 Å². The summed E-state index contributed by atoms with van der Waals surface area (Å²) in [5.74, 6) is 0.692. The number of nitrogens with one attached hydrogen (secondary N) is 1. The van der Waals surface area contributed by atoms with Crippen molar-refractivity contribution in [1.82, 2.24) is 10.2 Å². The second-order valence-corrected chi connectivity index (χ2v) is 6.55. The summed E-state index contributed by atoms with van der Waals surface area (Å²) in [6, 6.07) is 7.77. The van der Waals surface area contributed by atoms with E-state index in [1.54, 1.807) is 0 Å². The Balaban J connectivity index is 1.68. The lowest BCUT2D eigenvalue weighted by molar-refractivity contribution is -0.128. The van der Waals surface area contributed by atoms with Crippen molar-refractivity contribution in [3.63, 3.8) is 0 Å². The molecule has 1 saturated heterocycles. The molecule has 1 aromatic carbocycles. The fourth-order valence-electron chi connectivity index (χ4n) is 2.95. The highest BCUT2D eigenvalue weighted by molar-refractivity contribution is 5.81. The average molecular weight is 334 g/mol. The Hall–Kier alpha value is -1.59. The SMILES string of the molecule is CCC(Oc1cccc(C)c1)C(=O)NCCCN1CCC(O)CC1. The molecule has 134 valence electrons. The number of carbonyl (C=O) groups excluding carboxylic acids is 1. The molecule has 1 atom stereocenters. The first kappa shape index (κ1) is 18.7. The number of aliphatic hydroxyl groups is 1. The van der Waals surface area contributed by atoms with Crippen LogP contribution in [0.25, 0.3) is 0 Å². The number of nitrogens with zero attached hydrogens (tertiary/aromatic N) is 1. The Morgan fingerprint density at radius 3 is 2.83 bits per heavy atom. The number of benzene rings is 1. The molecule has 1 aromatic rings. The summed E-state index contributed by atoms with van der Waals surface area (Å²) < 4.78 is 5.81. The van der Waals surface area contributed by atoms with Crippen molar-refractivity contribution in [2.75, 3.05) is 26.2 Å². The number of piperidine rings is 1. The number of hydrogen-bond donors (Lipinski definition) is 2. The van der Waals surface area contributed by atoms with Gasteiger partial charge < -0.3 is 20.1 Å². The van der Waals surface area contributed by atoms with E-state index in [1.165, 1.54) is 0 Å². The monoisotopic (exact) mass is 334 g/mol. The van der Waals surface area contributed by atoms with E-state index < -0.39 is 6.10 Å². The third-order valence-corrected chi connectivity index (χ3v) is 4.44. The standard InChI is InChI=1S/C19H30N2O3/c1-3-18(24-17-7-4-6-15(2)14-17)19(23)20-10-5-11-21-12-8-16(22)9-13-21/h4,6-7,14,16,18,22H,3,5,8-13H2,1-2H3,(H,20,23). The molecule has 0 spiro atoms. The van der Waals surface area contributed by atoms with Gasteiger partial charge in [0.05, 0.1) is 6.10 Å². The highest BCUT2D eigenvalue weighted by atomic mass is 16.5. The molecule has 1 heterocycles. The first-order valence-electron chi connectivity index (χ1n) is 9.00. The second kappa shape index (κ2) is 9.64. The number of aryl methyl sites for hydroxylation is 1. The Bertz CT molecular complexity index is 513. The minimum atomic E-state index is -0.447. The Kier molecular flexibility index (Phi) is 7.53. The molecule has 0 aromatic heterocycles. The van der Waals surface area contributed by atoms with Crippen molar-refractivity contribution in [3.05, 3.63) is 29.8 Å². The summed E-state index contributed by atoms with van der Waals surface area (Å²) >= 11 is 0. The third-order valence-electron chi connectivity index (χ3n) is 4.44. The van der Waals surface area contributed by atoms with Gasteiger partial charge in [-0.3, -0.25) is 4.79 Å². The van der Waals surface area contributed by atoms with Crippen LogP contribution in [0.4, 0.5) is 0 Å². The van der Waals surface area contributed by atoms with Crippen LogP contribution in [0.3, 0.4) is 0 Å². The molecule has 1 fully saturated rings. The van der Waals surface area contributed by atoms with Crippen molar-refractivity contribution < 1.29 is 14.6 Å². The van der Waals surface area contributed by atoms with Crippen LogP contribution in [-0.4, -0.2) is 54.3 Å². The van der Waals surface area contributed by atoms with Gasteiger partial charge in [0.1, 0.15) is 5.75 Å². The van der Waals surface area contributed by atoms with Gasteiger partial charge in [-0.25, -0.2) is 0 Å². The molecule has 1 unspecified atom stereocenters. The third kappa shape index (κ3) is 6.13. The summed E-state index contributed by atoms with van der Waals surface area (Å²) in [5.41, 5.74) is 1.12. The quantitative estimate of drug-likeness (QED) is 0.715. The van der Waals surface area contributed by atoms with E-state index in [1.807, 2.05) is 38.1 Å². The molecule has 0 saturated carbocycles. The van der Waals surface area contributed by atoms with E-state index in [9.17, 15) is 9.90 Å².